The van der Waals surface area contributed by atoms with E-state index >= 15 is 0 Å². The lowest BCUT2D eigenvalue weighted by molar-refractivity contribution is -0.144. The quantitative estimate of drug-likeness (QED) is 0.762. The van der Waals surface area contributed by atoms with Crippen LogP contribution in [0.15, 0.2) is 12.4 Å². The van der Waals surface area contributed by atoms with Gasteiger partial charge in [-0.05, 0) is 13.3 Å². The number of nitrogens with two attached hydrogens (primary N) is 1. The Morgan fingerprint density at radius 3 is 3.07 bits per heavy atom. The molecular formula is C9H14ClN3O2. The van der Waals surface area contributed by atoms with Gasteiger partial charge in [-0.3, -0.25) is 9.48 Å². The fourth-order valence-electron chi connectivity index (χ4n) is 1.10. The van der Waals surface area contributed by atoms with Gasteiger partial charge < -0.3 is 10.5 Å². The Hall–Kier alpha value is -1.07. The highest BCUT2D eigenvalue weighted by Crippen LogP contribution is 2.05. The highest BCUT2D eigenvalue weighted by Gasteiger charge is 2.14. The van der Waals surface area contributed by atoms with Gasteiger partial charge in [-0.25, -0.2) is 0 Å². The van der Waals surface area contributed by atoms with E-state index in [-0.39, 0.29) is 5.97 Å². The summed E-state index contributed by atoms with van der Waals surface area (Å²) in [5.74, 6) is -0.379. The molecule has 0 fully saturated rings. The van der Waals surface area contributed by atoms with Crippen LogP contribution in [0.2, 0.25) is 5.02 Å². The molecule has 0 spiro atoms. The molecule has 0 aromatic carbocycles. The van der Waals surface area contributed by atoms with Gasteiger partial charge in [-0.2, -0.15) is 5.10 Å². The lowest BCUT2D eigenvalue weighted by atomic mass is 10.2. The number of hydrogen-bond donors (Lipinski definition) is 1. The molecule has 1 aromatic rings. The maximum Gasteiger partial charge on any atom is 0.322 e. The number of carbonyl (C=O) groups excluding carboxylic acids is 1. The van der Waals surface area contributed by atoms with Crippen molar-refractivity contribution < 1.29 is 9.53 Å². The molecule has 0 radical (unpaired) electrons. The van der Waals surface area contributed by atoms with Crippen molar-refractivity contribution >= 4 is 17.6 Å². The van der Waals surface area contributed by atoms with Crippen molar-refractivity contribution in [2.75, 3.05) is 6.61 Å². The van der Waals surface area contributed by atoms with Crippen molar-refractivity contribution in [3.63, 3.8) is 0 Å². The van der Waals surface area contributed by atoms with Crippen molar-refractivity contribution in [3.05, 3.63) is 17.4 Å². The second kappa shape index (κ2) is 5.72. The van der Waals surface area contributed by atoms with Crippen molar-refractivity contribution in [2.45, 2.75) is 25.9 Å². The predicted octanol–water partition coefficient (Wildman–Crippen LogP) is 0.817. The number of carbonyl (C=O) groups is 1. The maximum absolute atomic E-state index is 11.2. The van der Waals surface area contributed by atoms with E-state index < -0.39 is 6.04 Å². The van der Waals surface area contributed by atoms with E-state index in [1.54, 1.807) is 17.8 Å². The molecule has 0 aliphatic heterocycles. The summed E-state index contributed by atoms with van der Waals surface area (Å²) in [7, 11) is 0. The molecule has 84 valence electrons. The average molecular weight is 232 g/mol. The Bertz CT molecular complexity index is 327. The Balaban J connectivity index is 2.33. The molecule has 0 saturated carbocycles. The fraction of sp³-hybridized carbons (Fsp3) is 0.556. The molecule has 1 unspecified atom stereocenters. The Morgan fingerprint density at radius 2 is 2.53 bits per heavy atom. The molecule has 1 rings (SSSR count). The molecule has 1 atom stereocenters. The largest absolute Gasteiger partial charge is 0.465 e. The van der Waals surface area contributed by atoms with E-state index in [1.807, 2.05) is 0 Å². The third-order valence-corrected chi connectivity index (χ3v) is 2.06. The van der Waals surface area contributed by atoms with Crippen LogP contribution < -0.4 is 5.73 Å². The number of rotatable bonds is 5. The van der Waals surface area contributed by atoms with Gasteiger partial charge in [0.05, 0.1) is 17.8 Å². The number of hydrogen-bond acceptors (Lipinski definition) is 4. The first-order valence-electron chi connectivity index (χ1n) is 4.73. The molecular weight excluding hydrogens is 218 g/mol. The summed E-state index contributed by atoms with van der Waals surface area (Å²) in [6, 6.07) is -0.604. The van der Waals surface area contributed by atoms with E-state index in [1.165, 1.54) is 6.20 Å². The summed E-state index contributed by atoms with van der Waals surface area (Å²) in [4.78, 5) is 11.2. The molecule has 1 aromatic heterocycles. The third kappa shape index (κ3) is 3.89. The van der Waals surface area contributed by atoms with Gasteiger partial charge in [0.15, 0.2) is 0 Å². The normalized spacial score (nSPS) is 12.5. The summed E-state index contributed by atoms with van der Waals surface area (Å²) in [6.07, 6.45) is 3.70. The van der Waals surface area contributed by atoms with Gasteiger partial charge >= 0.3 is 5.97 Å². The van der Waals surface area contributed by atoms with Gasteiger partial charge in [0.1, 0.15) is 6.04 Å². The Labute approximate surface area is 93.1 Å². The van der Waals surface area contributed by atoms with Crippen LogP contribution in [0, 0.1) is 0 Å². The molecule has 5 nitrogen and oxygen atoms in total. The van der Waals surface area contributed by atoms with Crippen LogP contribution in [0.4, 0.5) is 0 Å². The van der Waals surface area contributed by atoms with E-state index in [0.717, 1.165) is 0 Å². The lowest BCUT2D eigenvalue weighted by Crippen LogP contribution is -2.33. The maximum atomic E-state index is 11.2. The van der Waals surface area contributed by atoms with Gasteiger partial charge in [-0.15, -0.1) is 0 Å². The smallest absolute Gasteiger partial charge is 0.322 e. The van der Waals surface area contributed by atoms with Gasteiger partial charge in [0.25, 0.3) is 0 Å². The summed E-state index contributed by atoms with van der Waals surface area (Å²) in [5.41, 5.74) is 5.61. The van der Waals surface area contributed by atoms with Crippen LogP contribution in [0.1, 0.15) is 13.3 Å². The van der Waals surface area contributed by atoms with Crippen LogP contribution in [0.25, 0.3) is 0 Å². The first kappa shape index (κ1) is 12.0. The zero-order valence-corrected chi connectivity index (χ0v) is 9.28. The monoisotopic (exact) mass is 231 g/mol. The van der Waals surface area contributed by atoms with Crippen LogP contribution in [-0.2, 0) is 16.1 Å². The zero-order chi connectivity index (χ0) is 11.3. The molecule has 0 saturated heterocycles. The summed E-state index contributed by atoms with van der Waals surface area (Å²) in [5, 5.41) is 4.54. The van der Waals surface area contributed by atoms with Gasteiger partial charge in [0.2, 0.25) is 0 Å². The Morgan fingerprint density at radius 1 is 1.80 bits per heavy atom. The van der Waals surface area contributed by atoms with Crippen molar-refractivity contribution in [1.82, 2.24) is 9.78 Å². The first-order valence-corrected chi connectivity index (χ1v) is 5.11. The second-order valence-electron chi connectivity index (χ2n) is 3.07. The van der Waals surface area contributed by atoms with Crippen molar-refractivity contribution in [1.29, 1.82) is 0 Å². The topological polar surface area (TPSA) is 70.1 Å². The molecule has 0 amide bonds. The number of nitrogens with zero attached hydrogens (tertiary/aromatic N) is 2. The fourth-order valence-corrected chi connectivity index (χ4v) is 1.26. The number of halogens is 1. The van der Waals surface area contributed by atoms with Gasteiger partial charge in [-0.1, -0.05) is 11.6 Å². The van der Waals surface area contributed by atoms with Crippen LogP contribution in [0.3, 0.4) is 0 Å². The molecule has 0 aliphatic rings. The van der Waals surface area contributed by atoms with E-state index in [9.17, 15) is 4.79 Å². The SMILES string of the molecule is CCOC(=O)C(N)CCn1cc(Cl)cn1. The highest BCUT2D eigenvalue weighted by molar-refractivity contribution is 6.30. The minimum Gasteiger partial charge on any atom is -0.465 e. The molecule has 0 bridgehead atoms. The first-order chi connectivity index (χ1) is 7.13. The number of ether oxygens (including phenoxy) is 1. The summed E-state index contributed by atoms with van der Waals surface area (Å²) >= 11 is 5.68. The molecule has 0 aliphatic carbocycles. The zero-order valence-electron chi connectivity index (χ0n) is 8.52. The highest BCUT2D eigenvalue weighted by atomic mass is 35.5. The molecule has 6 heteroatoms. The summed E-state index contributed by atoms with van der Waals surface area (Å²) < 4.78 is 6.42. The van der Waals surface area contributed by atoms with E-state index in [0.29, 0.717) is 24.6 Å². The minimum absolute atomic E-state index is 0.347. The third-order valence-electron chi connectivity index (χ3n) is 1.86. The average Bonchev–Trinajstić information content (AvgIpc) is 2.61. The van der Waals surface area contributed by atoms with Crippen molar-refractivity contribution in [2.24, 2.45) is 5.73 Å². The molecule has 1 heterocycles. The van der Waals surface area contributed by atoms with Crippen LogP contribution >= 0.6 is 11.6 Å². The number of aromatic nitrogens is 2. The number of esters is 1. The van der Waals surface area contributed by atoms with Crippen molar-refractivity contribution in [3.8, 4) is 0 Å². The van der Waals surface area contributed by atoms with Gasteiger partial charge in [0, 0.05) is 12.7 Å². The Kier molecular flexibility index (Phi) is 4.58. The van der Waals surface area contributed by atoms with Crippen LogP contribution in [-0.4, -0.2) is 28.4 Å². The summed E-state index contributed by atoms with van der Waals surface area (Å²) in [6.45, 7) is 2.64. The van der Waals surface area contributed by atoms with E-state index in [4.69, 9.17) is 22.1 Å². The standard InChI is InChI=1S/C9H14ClN3O2/c1-2-15-9(14)8(11)3-4-13-6-7(10)5-12-13/h5-6,8H,2-4,11H2,1H3. The minimum atomic E-state index is -0.604. The second-order valence-corrected chi connectivity index (χ2v) is 3.51. The lowest BCUT2D eigenvalue weighted by Gasteiger charge is -2.09. The number of aryl methyl sites for hydroxylation is 1. The molecule has 2 N–H and O–H groups in total. The molecule has 15 heavy (non-hydrogen) atoms. The predicted molar refractivity (Wildman–Crippen MR) is 56.5 cm³/mol. The van der Waals surface area contributed by atoms with E-state index in [2.05, 4.69) is 5.10 Å². The van der Waals surface area contributed by atoms with Crippen LogP contribution in [0.5, 0.6) is 0 Å².